The number of rotatable bonds is 6. The number of hydrogen-bond donors (Lipinski definition) is 2. The van der Waals surface area contributed by atoms with Crippen molar-refractivity contribution in [1.29, 1.82) is 0 Å². The summed E-state index contributed by atoms with van der Waals surface area (Å²) in [7, 11) is 0. The van der Waals surface area contributed by atoms with Gasteiger partial charge in [-0.2, -0.15) is 13.2 Å². The SMILES string of the molecule is O=C(COCC(F)(F)F)NC(CO)c1ccc(Cl)cc1. The van der Waals surface area contributed by atoms with Gasteiger partial charge in [-0.05, 0) is 17.7 Å². The Kier molecular flexibility index (Phi) is 6.25. The van der Waals surface area contributed by atoms with Crippen molar-refractivity contribution in [3.63, 3.8) is 0 Å². The second-order valence-corrected chi connectivity index (χ2v) is 4.40. The Labute approximate surface area is 118 Å². The molecule has 0 radical (unpaired) electrons. The highest BCUT2D eigenvalue weighted by Gasteiger charge is 2.28. The van der Waals surface area contributed by atoms with Crippen LogP contribution in [-0.2, 0) is 9.53 Å². The lowest BCUT2D eigenvalue weighted by atomic mass is 10.1. The van der Waals surface area contributed by atoms with E-state index >= 15 is 0 Å². The molecule has 0 fully saturated rings. The molecule has 0 saturated heterocycles. The normalized spacial score (nSPS) is 13.1. The van der Waals surface area contributed by atoms with E-state index in [1.165, 1.54) is 0 Å². The third-order valence-corrected chi connectivity index (χ3v) is 2.54. The number of carbonyl (C=O) groups excluding carboxylic acids is 1. The Hall–Kier alpha value is -1.31. The number of aliphatic hydroxyl groups is 1. The molecule has 1 aromatic rings. The standard InChI is InChI=1S/C12H13ClF3NO3/c13-9-3-1-8(2-4-9)10(5-18)17-11(19)6-20-7-12(14,15)16/h1-4,10,18H,5-7H2,(H,17,19). The second-order valence-electron chi connectivity index (χ2n) is 3.96. The van der Waals surface area contributed by atoms with E-state index in [0.717, 1.165) is 0 Å². The van der Waals surface area contributed by atoms with E-state index in [9.17, 15) is 23.1 Å². The van der Waals surface area contributed by atoms with Crippen LogP contribution in [0, 0.1) is 0 Å². The van der Waals surface area contributed by atoms with Gasteiger partial charge >= 0.3 is 6.18 Å². The largest absolute Gasteiger partial charge is 0.411 e. The number of ether oxygens (including phenoxy) is 1. The van der Waals surface area contributed by atoms with Crippen molar-refractivity contribution in [3.8, 4) is 0 Å². The molecule has 1 atom stereocenters. The van der Waals surface area contributed by atoms with Crippen LogP contribution in [0.2, 0.25) is 5.02 Å². The summed E-state index contributed by atoms with van der Waals surface area (Å²) in [5.74, 6) is -0.747. The number of benzene rings is 1. The number of alkyl halides is 3. The van der Waals surface area contributed by atoms with Crippen LogP contribution in [0.3, 0.4) is 0 Å². The van der Waals surface area contributed by atoms with Crippen molar-refractivity contribution in [3.05, 3.63) is 34.9 Å². The summed E-state index contributed by atoms with van der Waals surface area (Å²) in [6.45, 7) is -2.62. The van der Waals surface area contributed by atoms with Crippen LogP contribution in [-0.4, -0.2) is 37.0 Å². The highest BCUT2D eigenvalue weighted by molar-refractivity contribution is 6.30. The lowest BCUT2D eigenvalue weighted by molar-refractivity contribution is -0.175. The molecule has 0 aliphatic rings. The third kappa shape index (κ3) is 6.23. The first kappa shape index (κ1) is 16.7. The van der Waals surface area contributed by atoms with Crippen LogP contribution in [0.1, 0.15) is 11.6 Å². The van der Waals surface area contributed by atoms with E-state index < -0.39 is 37.9 Å². The Morgan fingerprint density at radius 1 is 1.35 bits per heavy atom. The smallest absolute Gasteiger partial charge is 0.394 e. The molecule has 1 rings (SSSR count). The van der Waals surface area contributed by atoms with Gasteiger partial charge in [0.05, 0.1) is 12.6 Å². The van der Waals surface area contributed by atoms with Gasteiger partial charge in [0, 0.05) is 5.02 Å². The molecule has 8 heteroatoms. The van der Waals surface area contributed by atoms with Gasteiger partial charge in [0.25, 0.3) is 0 Å². The van der Waals surface area contributed by atoms with Crippen molar-refractivity contribution >= 4 is 17.5 Å². The van der Waals surface area contributed by atoms with Gasteiger partial charge in [0.2, 0.25) is 5.91 Å². The van der Waals surface area contributed by atoms with Crippen molar-refractivity contribution in [2.45, 2.75) is 12.2 Å². The summed E-state index contributed by atoms with van der Waals surface area (Å²) < 4.78 is 39.7. The predicted octanol–water partition coefficient (Wildman–Crippen LogP) is 2.07. The van der Waals surface area contributed by atoms with E-state index in [4.69, 9.17) is 11.6 Å². The highest BCUT2D eigenvalue weighted by atomic mass is 35.5. The van der Waals surface area contributed by atoms with Crippen LogP contribution in [0.4, 0.5) is 13.2 Å². The molecular formula is C12H13ClF3NO3. The van der Waals surface area contributed by atoms with Crippen molar-refractivity contribution in [1.82, 2.24) is 5.32 Å². The van der Waals surface area contributed by atoms with E-state index in [1.54, 1.807) is 24.3 Å². The maximum absolute atomic E-state index is 11.8. The number of aliphatic hydroxyl groups excluding tert-OH is 1. The molecule has 1 aromatic carbocycles. The molecule has 1 unspecified atom stereocenters. The van der Waals surface area contributed by atoms with Crippen LogP contribution >= 0.6 is 11.6 Å². The lowest BCUT2D eigenvalue weighted by Crippen LogP contribution is -2.34. The average Bonchev–Trinajstić information content (AvgIpc) is 2.35. The molecule has 0 saturated carbocycles. The number of hydrogen-bond acceptors (Lipinski definition) is 3. The minimum absolute atomic E-state index is 0.396. The van der Waals surface area contributed by atoms with E-state index in [1.807, 2.05) is 0 Å². The van der Waals surface area contributed by atoms with Gasteiger partial charge in [-0.1, -0.05) is 23.7 Å². The summed E-state index contributed by atoms with van der Waals surface area (Å²) in [4.78, 5) is 11.4. The molecule has 1 amide bonds. The third-order valence-electron chi connectivity index (χ3n) is 2.29. The zero-order chi connectivity index (χ0) is 15.2. The van der Waals surface area contributed by atoms with Crippen molar-refractivity contribution in [2.24, 2.45) is 0 Å². The van der Waals surface area contributed by atoms with Crippen molar-refractivity contribution in [2.75, 3.05) is 19.8 Å². The molecule has 0 aliphatic carbocycles. The zero-order valence-corrected chi connectivity index (χ0v) is 11.0. The molecule has 2 N–H and O–H groups in total. The van der Waals surface area contributed by atoms with E-state index in [-0.39, 0.29) is 0 Å². The molecule has 0 aliphatic heterocycles. The number of amides is 1. The Bertz CT molecular complexity index is 437. The fraction of sp³-hybridized carbons (Fsp3) is 0.417. The van der Waals surface area contributed by atoms with Gasteiger partial charge in [0.15, 0.2) is 0 Å². The molecule has 20 heavy (non-hydrogen) atoms. The molecule has 0 heterocycles. The average molecular weight is 312 g/mol. The summed E-state index contributed by atoms with van der Waals surface area (Å²) >= 11 is 5.70. The fourth-order valence-electron chi connectivity index (χ4n) is 1.42. The first-order valence-electron chi connectivity index (χ1n) is 5.62. The summed E-state index contributed by atoms with van der Waals surface area (Å²) in [6, 6.07) is 5.62. The van der Waals surface area contributed by atoms with Gasteiger partial charge in [-0.25, -0.2) is 0 Å². The summed E-state index contributed by atoms with van der Waals surface area (Å²) in [5, 5.41) is 12.0. The topological polar surface area (TPSA) is 58.6 Å². The maximum Gasteiger partial charge on any atom is 0.411 e. The molecular weight excluding hydrogens is 299 g/mol. The molecule has 4 nitrogen and oxygen atoms in total. The fourth-order valence-corrected chi connectivity index (χ4v) is 1.55. The lowest BCUT2D eigenvalue weighted by Gasteiger charge is -2.17. The Morgan fingerprint density at radius 3 is 2.45 bits per heavy atom. The quantitative estimate of drug-likeness (QED) is 0.845. The van der Waals surface area contributed by atoms with E-state index in [2.05, 4.69) is 10.1 Å². The van der Waals surface area contributed by atoms with Gasteiger partial charge in [-0.3, -0.25) is 4.79 Å². The maximum atomic E-state index is 11.8. The van der Waals surface area contributed by atoms with Gasteiger partial charge < -0.3 is 15.2 Å². The van der Waals surface area contributed by atoms with Gasteiger partial charge in [0.1, 0.15) is 13.2 Å². The number of halogens is 4. The molecule has 0 spiro atoms. The highest BCUT2D eigenvalue weighted by Crippen LogP contribution is 2.16. The van der Waals surface area contributed by atoms with Crippen LogP contribution in [0.25, 0.3) is 0 Å². The number of carbonyl (C=O) groups is 1. The van der Waals surface area contributed by atoms with Crippen LogP contribution < -0.4 is 5.32 Å². The van der Waals surface area contributed by atoms with Crippen LogP contribution in [0.5, 0.6) is 0 Å². The second kappa shape index (κ2) is 7.47. The predicted molar refractivity (Wildman–Crippen MR) is 66.3 cm³/mol. The molecule has 0 aromatic heterocycles. The zero-order valence-electron chi connectivity index (χ0n) is 10.3. The minimum atomic E-state index is -4.48. The first-order chi connectivity index (χ1) is 9.31. The summed E-state index contributed by atoms with van der Waals surface area (Å²) in [5.41, 5.74) is 0.584. The monoisotopic (exact) mass is 311 g/mol. The number of nitrogens with one attached hydrogen (secondary N) is 1. The Balaban J connectivity index is 2.48. The summed E-state index contributed by atoms with van der Waals surface area (Å²) in [6.07, 6.45) is -4.48. The minimum Gasteiger partial charge on any atom is -0.394 e. The first-order valence-corrected chi connectivity index (χ1v) is 6.00. The molecule has 0 bridgehead atoms. The van der Waals surface area contributed by atoms with E-state index in [0.29, 0.717) is 10.6 Å². The van der Waals surface area contributed by atoms with Gasteiger partial charge in [-0.15, -0.1) is 0 Å². The van der Waals surface area contributed by atoms with Crippen molar-refractivity contribution < 1.29 is 27.8 Å². The Morgan fingerprint density at radius 2 is 1.95 bits per heavy atom. The van der Waals surface area contributed by atoms with Crippen LogP contribution in [0.15, 0.2) is 24.3 Å². The molecule has 112 valence electrons.